The van der Waals surface area contributed by atoms with Crippen LogP contribution >= 0.6 is 15.9 Å². The Balaban J connectivity index is 1.80. The third-order valence-corrected chi connectivity index (χ3v) is 5.39. The van der Waals surface area contributed by atoms with Gasteiger partial charge >= 0.3 is 0 Å². The van der Waals surface area contributed by atoms with E-state index in [-0.39, 0.29) is 6.04 Å². The van der Waals surface area contributed by atoms with Gasteiger partial charge in [-0.2, -0.15) is 0 Å². The molecule has 1 aliphatic heterocycles. The summed E-state index contributed by atoms with van der Waals surface area (Å²) in [5.74, 6) is 1.85. The van der Waals surface area contributed by atoms with Gasteiger partial charge in [-0.3, -0.25) is 4.90 Å². The van der Waals surface area contributed by atoms with E-state index < -0.39 is 0 Å². The third kappa shape index (κ3) is 2.74. The molecule has 0 spiro atoms. The Morgan fingerprint density at radius 3 is 2.26 bits per heavy atom. The second-order valence-corrected chi connectivity index (χ2v) is 7.18. The first-order valence-electron chi connectivity index (χ1n) is 7.40. The number of nitrogens with zero attached hydrogens (tertiary/aromatic N) is 1. The van der Waals surface area contributed by atoms with Crippen molar-refractivity contribution in [1.82, 2.24) is 4.90 Å². The van der Waals surface area contributed by atoms with Crippen molar-refractivity contribution in [2.45, 2.75) is 38.3 Å². The molecule has 2 nitrogen and oxygen atoms in total. The quantitative estimate of drug-likeness (QED) is 0.921. The zero-order valence-electron chi connectivity index (χ0n) is 11.6. The number of likely N-dealkylation sites (tertiary alicyclic amines) is 1. The van der Waals surface area contributed by atoms with Gasteiger partial charge in [0.2, 0.25) is 0 Å². The minimum absolute atomic E-state index is 0.181. The third-order valence-electron chi connectivity index (χ3n) is 4.86. The van der Waals surface area contributed by atoms with E-state index >= 15 is 0 Å². The Bertz CT molecular complexity index is 417. The minimum Gasteiger partial charge on any atom is -0.326 e. The van der Waals surface area contributed by atoms with Crippen LogP contribution in [0.2, 0.25) is 0 Å². The van der Waals surface area contributed by atoms with Gasteiger partial charge < -0.3 is 5.73 Å². The van der Waals surface area contributed by atoms with E-state index in [1.165, 1.54) is 37.9 Å². The molecule has 4 unspecified atom stereocenters. The lowest BCUT2D eigenvalue weighted by Gasteiger charge is -2.32. The maximum Gasteiger partial charge on any atom is 0.0496 e. The number of nitrogens with two attached hydrogens (primary N) is 1. The molecule has 1 saturated carbocycles. The fraction of sp³-hybridized carbons (Fsp3) is 0.625. The van der Waals surface area contributed by atoms with Crippen molar-refractivity contribution >= 4 is 15.9 Å². The van der Waals surface area contributed by atoms with Crippen molar-refractivity contribution in [3.63, 3.8) is 0 Å². The molecule has 1 aliphatic carbocycles. The van der Waals surface area contributed by atoms with Crippen molar-refractivity contribution in [3.05, 3.63) is 34.3 Å². The fourth-order valence-corrected chi connectivity index (χ4v) is 4.27. The minimum atomic E-state index is 0.181. The van der Waals surface area contributed by atoms with Gasteiger partial charge in [0.25, 0.3) is 0 Å². The Hall–Kier alpha value is -0.380. The standard InChI is InChI=1S/C16H23BrN2/c1-11(18)16(12-5-7-15(17)8-6-12)19-9-13-3-2-4-14(13)10-19/h5-8,11,13-14,16H,2-4,9-10,18H2,1H3. The van der Waals surface area contributed by atoms with E-state index in [0.29, 0.717) is 6.04 Å². The zero-order valence-corrected chi connectivity index (χ0v) is 13.1. The van der Waals surface area contributed by atoms with Crippen LogP contribution in [0.25, 0.3) is 0 Å². The van der Waals surface area contributed by atoms with E-state index in [0.717, 1.165) is 16.3 Å². The molecule has 1 aromatic carbocycles. The lowest BCUT2D eigenvalue weighted by molar-refractivity contribution is 0.203. The topological polar surface area (TPSA) is 29.3 Å². The molecular weight excluding hydrogens is 300 g/mol. The van der Waals surface area contributed by atoms with Gasteiger partial charge in [-0.25, -0.2) is 0 Å². The molecule has 2 fully saturated rings. The molecule has 0 radical (unpaired) electrons. The molecule has 1 saturated heterocycles. The van der Waals surface area contributed by atoms with Gasteiger partial charge in [-0.15, -0.1) is 0 Å². The largest absolute Gasteiger partial charge is 0.326 e. The van der Waals surface area contributed by atoms with Crippen LogP contribution < -0.4 is 5.73 Å². The van der Waals surface area contributed by atoms with Gasteiger partial charge in [0.05, 0.1) is 0 Å². The highest BCUT2D eigenvalue weighted by Crippen LogP contribution is 2.41. The number of halogens is 1. The van der Waals surface area contributed by atoms with Gasteiger partial charge in [0, 0.05) is 29.6 Å². The number of hydrogen-bond donors (Lipinski definition) is 1. The monoisotopic (exact) mass is 322 g/mol. The maximum absolute atomic E-state index is 6.28. The van der Waals surface area contributed by atoms with Gasteiger partial charge in [0.15, 0.2) is 0 Å². The van der Waals surface area contributed by atoms with Crippen LogP contribution in [0.15, 0.2) is 28.7 Å². The van der Waals surface area contributed by atoms with Crippen LogP contribution in [0, 0.1) is 11.8 Å². The second kappa shape index (κ2) is 5.55. The van der Waals surface area contributed by atoms with Crippen LogP contribution in [0.3, 0.4) is 0 Å². The number of rotatable bonds is 3. The molecule has 0 bridgehead atoms. The molecule has 2 aliphatic rings. The van der Waals surface area contributed by atoms with E-state index in [1.54, 1.807) is 0 Å². The first kappa shape index (κ1) is 13.6. The molecule has 3 heteroatoms. The lowest BCUT2D eigenvalue weighted by Crippen LogP contribution is -2.38. The summed E-state index contributed by atoms with van der Waals surface area (Å²) in [5, 5.41) is 0. The van der Waals surface area contributed by atoms with Crippen LogP contribution in [0.5, 0.6) is 0 Å². The molecule has 3 rings (SSSR count). The normalized spacial score (nSPS) is 30.3. The summed E-state index contributed by atoms with van der Waals surface area (Å²) >= 11 is 3.51. The number of fused-ring (bicyclic) bond motifs is 1. The summed E-state index contributed by atoms with van der Waals surface area (Å²) in [6, 6.07) is 9.24. The highest BCUT2D eigenvalue weighted by Gasteiger charge is 2.39. The predicted octanol–water partition coefficient (Wildman–Crippen LogP) is 3.57. The van der Waals surface area contributed by atoms with Crippen molar-refractivity contribution in [2.24, 2.45) is 17.6 Å². The molecule has 2 N–H and O–H groups in total. The van der Waals surface area contributed by atoms with E-state index in [2.05, 4.69) is 52.0 Å². The molecule has 1 heterocycles. The number of benzene rings is 1. The van der Waals surface area contributed by atoms with Crippen molar-refractivity contribution < 1.29 is 0 Å². The average Bonchev–Trinajstić information content (AvgIpc) is 2.92. The smallest absolute Gasteiger partial charge is 0.0496 e. The summed E-state index contributed by atoms with van der Waals surface area (Å²) < 4.78 is 1.14. The van der Waals surface area contributed by atoms with Crippen molar-refractivity contribution in [3.8, 4) is 0 Å². The molecule has 19 heavy (non-hydrogen) atoms. The van der Waals surface area contributed by atoms with Crippen LogP contribution in [0.4, 0.5) is 0 Å². The first-order chi connectivity index (χ1) is 9.15. The first-order valence-corrected chi connectivity index (χ1v) is 8.19. The highest BCUT2D eigenvalue weighted by molar-refractivity contribution is 9.10. The fourth-order valence-electron chi connectivity index (χ4n) is 4.01. The second-order valence-electron chi connectivity index (χ2n) is 6.26. The molecule has 0 aromatic heterocycles. The Morgan fingerprint density at radius 1 is 1.16 bits per heavy atom. The predicted molar refractivity (Wildman–Crippen MR) is 82.9 cm³/mol. The van der Waals surface area contributed by atoms with E-state index in [9.17, 15) is 0 Å². The molecule has 0 amide bonds. The lowest BCUT2D eigenvalue weighted by atomic mass is 9.99. The SMILES string of the molecule is CC(N)C(c1ccc(Br)cc1)N1CC2CCCC2C1. The van der Waals surface area contributed by atoms with Crippen molar-refractivity contribution in [2.75, 3.05) is 13.1 Å². The summed E-state index contributed by atoms with van der Waals surface area (Å²) in [7, 11) is 0. The Morgan fingerprint density at radius 2 is 1.74 bits per heavy atom. The van der Waals surface area contributed by atoms with E-state index in [1.807, 2.05) is 0 Å². The van der Waals surface area contributed by atoms with E-state index in [4.69, 9.17) is 5.73 Å². The number of hydrogen-bond acceptors (Lipinski definition) is 2. The summed E-state index contributed by atoms with van der Waals surface area (Å²) in [4.78, 5) is 2.63. The van der Waals surface area contributed by atoms with Crippen molar-refractivity contribution in [1.29, 1.82) is 0 Å². The highest BCUT2D eigenvalue weighted by atomic mass is 79.9. The average molecular weight is 323 g/mol. The van der Waals surface area contributed by atoms with Gasteiger partial charge in [-0.05, 0) is 49.3 Å². The van der Waals surface area contributed by atoms with Crippen LogP contribution in [-0.4, -0.2) is 24.0 Å². The molecule has 104 valence electrons. The van der Waals surface area contributed by atoms with Gasteiger partial charge in [0.1, 0.15) is 0 Å². The van der Waals surface area contributed by atoms with Crippen LogP contribution in [0.1, 0.15) is 37.8 Å². The summed E-state index contributed by atoms with van der Waals surface area (Å²) in [5.41, 5.74) is 7.64. The van der Waals surface area contributed by atoms with Crippen LogP contribution in [-0.2, 0) is 0 Å². The Kier molecular flexibility index (Phi) is 3.97. The zero-order chi connectivity index (χ0) is 13.4. The molecular formula is C16H23BrN2. The molecule has 4 atom stereocenters. The summed E-state index contributed by atoms with van der Waals surface area (Å²) in [6.45, 7) is 4.63. The molecule has 1 aromatic rings. The van der Waals surface area contributed by atoms with Gasteiger partial charge in [-0.1, -0.05) is 34.5 Å². The Labute approximate surface area is 124 Å². The summed E-state index contributed by atoms with van der Waals surface area (Å²) in [6.07, 6.45) is 4.28. The maximum atomic E-state index is 6.28.